The zero-order chi connectivity index (χ0) is 19.3. The van der Waals surface area contributed by atoms with E-state index in [9.17, 15) is 22.4 Å². The van der Waals surface area contributed by atoms with Gasteiger partial charge in [-0.05, 0) is 55.3 Å². The topological polar surface area (TPSA) is 50.4 Å². The van der Waals surface area contributed by atoms with Gasteiger partial charge in [-0.15, -0.1) is 0 Å². The highest BCUT2D eigenvalue weighted by molar-refractivity contribution is 5.86. The van der Waals surface area contributed by atoms with Crippen LogP contribution >= 0.6 is 0 Å². The summed E-state index contributed by atoms with van der Waals surface area (Å²) in [5.41, 5.74) is 1.11. The molecule has 0 aromatic heterocycles. The van der Waals surface area contributed by atoms with Crippen LogP contribution in [0.4, 0.5) is 33.7 Å². The van der Waals surface area contributed by atoms with Crippen molar-refractivity contribution < 1.29 is 27.1 Å². The van der Waals surface area contributed by atoms with E-state index in [1.807, 2.05) is 0 Å². The van der Waals surface area contributed by atoms with Gasteiger partial charge >= 0.3 is 12.3 Å². The van der Waals surface area contributed by atoms with Gasteiger partial charge in [-0.3, -0.25) is 5.32 Å². The van der Waals surface area contributed by atoms with E-state index in [0.717, 1.165) is 17.7 Å². The summed E-state index contributed by atoms with van der Waals surface area (Å²) in [4.78, 5) is 11.4. The van der Waals surface area contributed by atoms with Crippen LogP contribution in [-0.4, -0.2) is 12.7 Å². The molecule has 0 fully saturated rings. The third-order valence-electron chi connectivity index (χ3n) is 3.57. The van der Waals surface area contributed by atoms with Gasteiger partial charge < -0.3 is 10.1 Å². The summed E-state index contributed by atoms with van der Waals surface area (Å²) in [6.45, 7) is 3.89. The fourth-order valence-electron chi connectivity index (χ4n) is 2.29. The number of aryl methyl sites for hydroxylation is 1. The van der Waals surface area contributed by atoms with Gasteiger partial charge in [0.1, 0.15) is 5.82 Å². The molecule has 0 saturated carbocycles. The fraction of sp³-hybridized carbons (Fsp3) is 0.278. The van der Waals surface area contributed by atoms with Crippen molar-refractivity contribution >= 4 is 17.5 Å². The van der Waals surface area contributed by atoms with Gasteiger partial charge in [-0.25, -0.2) is 9.18 Å². The number of amides is 1. The van der Waals surface area contributed by atoms with E-state index in [1.54, 1.807) is 32.0 Å². The Morgan fingerprint density at radius 1 is 1.15 bits per heavy atom. The number of hydrogen-bond acceptors (Lipinski definition) is 3. The molecule has 2 rings (SSSR count). The van der Waals surface area contributed by atoms with Gasteiger partial charge in [0, 0.05) is 17.9 Å². The molecule has 0 atom stereocenters. The fourth-order valence-corrected chi connectivity index (χ4v) is 2.29. The molecule has 0 unspecified atom stereocenters. The van der Waals surface area contributed by atoms with Crippen molar-refractivity contribution in [3.8, 4) is 0 Å². The Bertz CT molecular complexity index is 791. The van der Waals surface area contributed by atoms with Crippen LogP contribution in [0.1, 0.15) is 23.6 Å². The van der Waals surface area contributed by atoms with E-state index < -0.39 is 23.7 Å². The first-order valence-corrected chi connectivity index (χ1v) is 7.84. The van der Waals surface area contributed by atoms with Crippen LogP contribution < -0.4 is 10.6 Å². The molecule has 0 bridgehead atoms. The van der Waals surface area contributed by atoms with Gasteiger partial charge in [0.2, 0.25) is 0 Å². The Labute approximate surface area is 148 Å². The maximum atomic E-state index is 13.6. The summed E-state index contributed by atoms with van der Waals surface area (Å²) in [7, 11) is 0. The molecule has 140 valence electrons. The molecule has 0 aliphatic carbocycles. The molecule has 2 aromatic carbocycles. The van der Waals surface area contributed by atoms with Crippen molar-refractivity contribution in [2.75, 3.05) is 17.2 Å². The number of nitrogens with one attached hydrogen (secondary N) is 2. The van der Waals surface area contributed by atoms with E-state index in [-0.39, 0.29) is 13.2 Å². The third kappa shape index (κ3) is 5.11. The van der Waals surface area contributed by atoms with Crippen molar-refractivity contribution in [2.24, 2.45) is 0 Å². The second-order valence-corrected chi connectivity index (χ2v) is 5.54. The predicted octanol–water partition coefficient (Wildman–Crippen LogP) is 5.33. The molecule has 2 N–H and O–H groups in total. The lowest BCUT2D eigenvalue weighted by Crippen LogP contribution is -2.14. The number of halogens is 4. The Morgan fingerprint density at radius 2 is 1.88 bits per heavy atom. The van der Waals surface area contributed by atoms with E-state index in [2.05, 4.69) is 10.6 Å². The van der Waals surface area contributed by atoms with Crippen LogP contribution in [-0.2, 0) is 17.5 Å². The van der Waals surface area contributed by atoms with Crippen LogP contribution in [0.5, 0.6) is 0 Å². The minimum absolute atomic E-state index is 0.152. The minimum Gasteiger partial charge on any atom is -0.450 e. The molecular formula is C18H18F4N2O2. The smallest absolute Gasteiger partial charge is 0.419 e. The van der Waals surface area contributed by atoms with Crippen LogP contribution in [0.25, 0.3) is 0 Å². The van der Waals surface area contributed by atoms with Gasteiger partial charge in [0.15, 0.2) is 0 Å². The number of rotatable bonds is 5. The van der Waals surface area contributed by atoms with E-state index in [1.165, 1.54) is 6.07 Å². The minimum atomic E-state index is -4.71. The van der Waals surface area contributed by atoms with Gasteiger partial charge in [0.05, 0.1) is 12.2 Å². The number of ether oxygens (including phenoxy) is 1. The maximum absolute atomic E-state index is 13.6. The molecular weight excluding hydrogens is 352 g/mol. The monoisotopic (exact) mass is 370 g/mol. The number of benzene rings is 2. The van der Waals surface area contributed by atoms with Crippen LogP contribution in [0, 0.1) is 12.7 Å². The van der Waals surface area contributed by atoms with Crippen LogP contribution in [0.2, 0.25) is 0 Å². The third-order valence-corrected chi connectivity index (χ3v) is 3.57. The van der Waals surface area contributed by atoms with Crippen molar-refractivity contribution in [2.45, 2.75) is 26.6 Å². The summed E-state index contributed by atoms with van der Waals surface area (Å²) in [6.07, 6.45) is -5.27. The number of carbonyl (C=O) groups excluding carboxylic acids is 1. The predicted molar refractivity (Wildman–Crippen MR) is 90.6 cm³/mol. The Balaban J connectivity index is 2.03. The molecule has 0 spiro atoms. The van der Waals surface area contributed by atoms with Crippen molar-refractivity contribution in [3.05, 3.63) is 58.9 Å². The summed E-state index contributed by atoms with van der Waals surface area (Å²) in [6, 6.07) is 7.92. The maximum Gasteiger partial charge on any atom is 0.419 e. The number of carbonyl (C=O) groups is 1. The molecule has 0 saturated heterocycles. The first kappa shape index (κ1) is 19.6. The zero-order valence-corrected chi connectivity index (χ0v) is 14.2. The lowest BCUT2D eigenvalue weighted by molar-refractivity contribution is -0.140. The largest absolute Gasteiger partial charge is 0.450 e. The van der Waals surface area contributed by atoms with Gasteiger partial charge in [-0.2, -0.15) is 13.2 Å². The van der Waals surface area contributed by atoms with Crippen molar-refractivity contribution in [1.82, 2.24) is 0 Å². The van der Waals surface area contributed by atoms with E-state index in [0.29, 0.717) is 16.9 Å². The first-order valence-electron chi connectivity index (χ1n) is 7.84. The van der Waals surface area contributed by atoms with Gasteiger partial charge in [-0.1, -0.05) is 6.07 Å². The quantitative estimate of drug-likeness (QED) is 0.699. The van der Waals surface area contributed by atoms with Crippen LogP contribution in [0.3, 0.4) is 0 Å². The number of anilines is 2. The SMILES string of the molecule is CCOC(=O)Nc1ccc(NCc2ccc(C(F)(F)F)c(F)c2)cc1C. The Morgan fingerprint density at radius 3 is 2.46 bits per heavy atom. The Hall–Kier alpha value is -2.77. The average molecular weight is 370 g/mol. The molecule has 2 aromatic rings. The lowest BCUT2D eigenvalue weighted by atomic mass is 10.1. The highest BCUT2D eigenvalue weighted by atomic mass is 19.4. The normalized spacial score (nSPS) is 11.2. The number of alkyl halides is 3. The molecule has 0 heterocycles. The lowest BCUT2D eigenvalue weighted by Gasteiger charge is -2.13. The molecule has 0 aliphatic rings. The van der Waals surface area contributed by atoms with Crippen LogP contribution in [0.15, 0.2) is 36.4 Å². The summed E-state index contributed by atoms with van der Waals surface area (Å²) in [5.74, 6) is -1.30. The standard InChI is InChI=1S/C18H18F4N2O2/c1-3-26-17(25)24-16-7-5-13(8-11(16)2)23-10-12-4-6-14(15(19)9-12)18(20,21)22/h4-9,23H,3,10H2,1-2H3,(H,24,25). The van der Waals surface area contributed by atoms with Crippen molar-refractivity contribution in [3.63, 3.8) is 0 Å². The second kappa shape index (κ2) is 8.07. The van der Waals surface area contributed by atoms with E-state index >= 15 is 0 Å². The molecule has 0 radical (unpaired) electrons. The summed E-state index contributed by atoms with van der Waals surface area (Å²) in [5, 5.41) is 5.60. The van der Waals surface area contributed by atoms with Crippen molar-refractivity contribution in [1.29, 1.82) is 0 Å². The number of hydrogen-bond donors (Lipinski definition) is 2. The second-order valence-electron chi connectivity index (χ2n) is 5.54. The van der Waals surface area contributed by atoms with E-state index in [4.69, 9.17) is 4.74 Å². The molecule has 1 amide bonds. The average Bonchev–Trinajstić information content (AvgIpc) is 2.54. The molecule has 8 heteroatoms. The Kier molecular flexibility index (Phi) is 6.07. The molecule has 26 heavy (non-hydrogen) atoms. The summed E-state index contributed by atoms with van der Waals surface area (Å²) < 4.78 is 56.0. The molecule has 4 nitrogen and oxygen atoms in total. The first-order chi connectivity index (χ1) is 12.2. The highest BCUT2D eigenvalue weighted by Crippen LogP contribution is 2.31. The van der Waals surface area contributed by atoms with Gasteiger partial charge in [0.25, 0.3) is 0 Å². The summed E-state index contributed by atoms with van der Waals surface area (Å²) >= 11 is 0. The highest BCUT2D eigenvalue weighted by Gasteiger charge is 2.33. The molecule has 0 aliphatic heterocycles. The zero-order valence-electron chi connectivity index (χ0n) is 14.2.